The van der Waals surface area contributed by atoms with Gasteiger partial charge >= 0.3 is 0 Å². The second-order valence-corrected chi connectivity index (χ2v) is 9.08. The second-order valence-electron chi connectivity index (χ2n) is 6.25. The molecule has 4 nitrogen and oxygen atoms in total. The molecule has 3 aromatic rings. The maximum atomic E-state index is 14.0. The molecule has 2 aromatic carbocycles. The average molecular weight is 353 g/mol. The Bertz CT molecular complexity index is 787. The largest absolute Gasteiger partial charge is 0.313 e. The molecule has 0 unspecified atom stereocenters. The number of aryl methyl sites for hydroxylation is 1. The second kappa shape index (κ2) is 8.26. The molecule has 3 rings (SSSR count). The molecule has 0 aliphatic heterocycles. The molecular formula is C20H24N3OP. The normalized spacial score (nSPS) is 11.6. The van der Waals surface area contributed by atoms with Crippen LogP contribution in [0, 0.1) is 0 Å². The lowest BCUT2D eigenvalue weighted by Gasteiger charge is -2.18. The summed E-state index contributed by atoms with van der Waals surface area (Å²) in [4.78, 5) is 0. The molecule has 130 valence electrons. The van der Waals surface area contributed by atoms with Gasteiger partial charge in [0.25, 0.3) is 0 Å². The van der Waals surface area contributed by atoms with Gasteiger partial charge in [0.15, 0.2) is 0 Å². The van der Waals surface area contributed by atoms with E-state index in [2.05, 4.69) is 17.2 Å². The van der Waals surface area contributed by atoms with E-state index < -0.39 is 7.14 Å². The van der Waals surface area contributed by atoms with Crippen LogP contribution < -0.4 is 10.6 Å². The summed E-state index contributed by atoms with van der Waals surface area (Å²) in [6.07, 6.45) is 5.79. The third-order valence-electron chi connectivity index (χ3n) is 4.31. The predicted molar refractivity (Wildman–Crippen MR) is 103 cm³/mol. The monoisotopic (exact) mass is 353 g/mol. The average Bonchev–Trinajstić information content (AvgIpc) is 3.10. The zero-order valence-electron chi connectivity index (χ0n) is 14.6. The molecule has 0 saturated heterocycles. The fraction of sp³-hybridized carbons (Fsp3) is 0.300. The van der Waals surface area contributed by atoms with Crippen LogP contribution in [0.5, 0.6) is 0 Å². The Morgan fingerprint density at radius 1 is 0.920 bits per heavy atom. The Hall–Kier alpha value is -2.19. The van der Waals surface area contributed by atoms with Crippen LogP contribution in [-0.4, -0.2) is 15.0 Å². The fourth-order valence-corrected chi connectivity index (χ4v) is 5.51. The van der Waals surface area contributed by atoms with Crippen molar-refractivity contribution in [3.8, 4) is 0 Å². The number of unbranched alkanes of at least 4 members (excludes halogenated alkanes) is 2. The lowest BCUT2D eigenvalue weighted by Crippen LogP contribution is -2.17. The molecule has 25 heavy (non-hydrogen) atoms. The number of hydrogen-bond acceptors (Lipinski definition) is 3. The summed E-state index contributed by atoms with van der Waals surface area (Å²) in [5.74, 6) is 0. The lowest BCUT2D eigenvalue weighted by molar-refractivity contribution is 0.537. The van der Waals surface area contributed by atoms with E-state index in [4.69, 9.17) is 0 Å². The van der Waals surface area contributed by atoms with Crippen LogP contribution in [0.25, 0.3) is 0 Å². The molecule has 0 spiro atoms. The van der Waals surface area contributed by atoms with Crippen molar-refractivity contribution in [2.75, 3.05) is 0 Å². The molecule has 0 aliphatic rings. The van der Waals surface area contributed by atoms with Gasteiger partial charge in [0, 0.05) is 23.4 Å². The highest BCUT2D eigenvalue weighted by molar-refractivity contribution is 7.78. The van der Waals surface area contributed by atoms with Crippen molar-refractivity contribution in [2.45, 2.75) is 38.9 Å². The summed E-state index contributed by atoms with van der Waals surface area (Å²) >= 11 is 0. The summed E-state index contributed by atoms with van der Waals surface area (Å²) in [5.41, 5.74) is 0.785. The fourth-order valence-electron chi connectivity index (χ4n) is 2.94. The van der Waals surface area contributed by atoms with E-state index in [1.807, 2.05) is 71.5 Å². The van der Waals surface area contributed by atoms with Crippen LogP contribution in [-0.2, 0) is 17.3 Å². The van der Waals surface area contributed by atoms with Crippen molar-refractivity contribution >= 4 is 17.8 Å². The van der Waals surface area contributed by atoms with Crippen LogP contribution in [0.15, 0.2) is 66.9 Å². The Kier molecular flexibility index (Phi) is 5.83. The third kappa shape index (κ3) is 4.26. The van der Waals surface area contributed by atoms with Crippen molar-refractivity contribution in [3.05, 3.63) is 72.6 Å². The van der Waals surface area contributed by atoms with E-state index >= 15 is 0 Å². The molecular weight excluding hydrogens is 329 g/mol. The van der Waals surface area contributed by atoms with Gasteiger partial charge in [0.2, 0.25) is 0 Å². The minimum Gasteiger partial charge on any atom is -0.313 e. The van der Waals surface area contributed by atoms with E-state index in [0.717, 1.165) is 29.3 Å². The number of aromatic nitrogens is 3. The zero-order chi connectivity index (χ0) is 17.5. The van der Waals surface area contributed by atoms with Crippen molar-refractivity contribution in [1.82, 2.24) is 15.0 Å². The van der Waals surface area contributed by atoms with Crippen LogP contribution in [0.3, 0.4) is 0 Å². The van der Waals surface area contributed by atoms with Gasteiger partial charge in [0.1, 0.15) is 7.14 Å². The Morgan fingerprint density at radius 3 is 2.08 bits per heavy atom. The molecule has 0 radical (unpaired) electrons. The molecule has 0 fully saturated rings. The van der Waals surface area contributed by atoms with Crippen molar-refractivity contribution < 1.29 is 4.57 Å². The van der Waals surface area contributed by atoms with E-state index in [9.17, 15) is 4.57 Å². The Balaban J connectivity index is 1.88. The lowest BCUT2D eigenvalue weighted by atomic mass is 10.2. The zero-order valence-corrected chi connectivity index (χ0v) is 15.5. The van der Waals surface area contributed by atoms with E-state index in [1.165, 1.54) is 12.8 Å². The van der Waals surface area contributed by atoms with E-state index in [0.29, 0.717) is 6.16 Å². The highest BCUT2D eigenvalue weighted by atomic mass is 31.2. The number of nitrogens with zero attached hydrogens (tertiary/aromatic N) is 3. The molecule has 5 heteroatoms. The first kappa shape index (κ1) is 17.6. The summed E-state index contributed by atoms with van der Waals surface area (Å²) in [5, 5.41) is 10.2. The van der Waals surface area contributed by atoms with Gasteiger partial charge in [-0.25, -0.2) is 0 Å². The topological polar surface area (TPSA) is 47.8 Å². The standard InChI is InChI=1S/C20H24N3OP/c1-2-3-10-15-23-16-18(21-22-23)17-25(24,19-11-6-4-7-12-19)20-13-8-5-9-14-20/h4-9,11-14,16H,2-3,10,15,17H2,1H3. The first-order chi connectivity index (χ1) is 12.2. The summed E-state index contributed by atoms with van der Waals surface area (Å²) in [6, 6.07) is 19.4. The quantitative estimate of drug-likeness (QED) is 0.455. The van der Waals surface area contributed by atoms with Crippen LogP contribution in [0.4, 0.5) is 0 Å². The molecule has 0 amide bonds. The van der Waals surface area contributed by atoms with Gasteiger partial charge in [-0.15, -0.1) is 5.10 Å². The maximum Gasteiger partial charge on any atom is 0.149 e. The minimum atomic E-state index is -2.78. The number of benzene rings is 2. The van der Waals surface area contributed by atoms with E-state index in [1.54, 1.807) is 0 Å². The van der Waals surface area contributed by atoms with Crippen molar-refractivity contribution in [1.29, 1.82) is 0 Å². The highest BCUT2D eigenvalue weighted by Crippen LogP contribution is 2.46. The van der Waals surface area contributed by atoms with Gasteiger partial charge in [-0.3, -0.25) is 4.68 Å². The summed E-state index contributed by atoms with van der Waals surface area (Å²) in [6.45, 7) is 3.05. The SMILES string of the molecule is CCCCCn1cc(CP(=O)(c2ccccc2)c2ccccc2)nn1. The van der Waals surface area contributed by atoms with Crippen LogP contribution in [0.2, 0.25) is 0 Å². The Morgan fingerprint density at radius 2 is 1.52 bits per heavy atom. The number of hydrogen-bond donors (Lipinski definition) is 0. The molecule has 1 heterocycles. The maximum absolute atomic E-state index is 14.0. The molecule has 0 aliphatic carbocycles. The van der Waals surface area contributed by atoms with Crippen molar-refractivity contribution in [3.63, 3.8) is 0 Å². The predicted octanol–water partition coefficient (Wildman–Crippen LogP) is 3.98. The van der Waals surface area contributed by atoms with Crippen LogP contribution in [0.1, 0.15) is 31.9 Å². The molecule has 1 aromatic heterocycles. The summed E-state index contributed by atoms with van der Waals surface area (Å²) < 4.78 is 15.8. The third-order valence-corrected chi connectivity index (χ3v) is 7.34. The first-order valence-electron chi connectivity index (χ1n) is 8.81. The van der Waals surface area contributed by atoms with Gasteiger partial charge in [-0.2, -0.15) is 0 Å². The summed E-state index contributed by atoms with van der Waals surface area (Å²) in [7, 11) is -2.78. The van der Waals surface area contributed by atoms with E-state index in [-0.39, 0.29) is 0 Å². The molecule has 0 N–H and O–H groups in total. The van der Waals surface area contributed by atoms with Crippen molar-refractivity contribution in [2.24, 2.45) is 0 Å². The highest BCUT2D eigenvalue weighted by Gasteiger charge is 2.28. The van der Waals surface area contributed by atoms with Crippen LogP contribution >= 0.6 is 7.14 Å². The molecule has 0 bridgehead atoms. The number of rotatable bonds is 8. The molecule has 0 saturated carbocycles. The Labute approximate surface area is 149 Å². The smallest absolute Gasteiger partial charge is 0.149 e. The minimum absolute atomic E-state index is 0.398. The first-order valence-corrected chi connectivity index (χ1v) is 10.7. The molecule has 0 atom stereocenters. The van der Waals surface area contributed by atoms with Gasteiger partial charge in [0.05, 0.1) is 11.9 Å². The van der Waals surface area contributed by atoms with Gasteiger partial charge in [-0.05, 0) is 6.42 Å². The van der Waals surface area contributed by atoms with Gasteiger partial charge in [-0.1, -0.05) is 85.6 Å². The van der Waals surface area contributed by atoms with Gasteiger partial charge < -0.3 is 4.57 Å².